The van der Waals surface area contributed by atoms with Gasteiger partial charge in [-0.25, -0.2) is 4.90 Å². The summed E-state index contributed by atoms with van der Waals surface area (Å²) in [4.78, 5) is 25.9. The molecule has 2 atom stereocenters. The fourth-order valence-electron chi connectivity index (χ4n) is 3.07. The van der Waals surface area contributed by atoms with E-state index in [1.807, 2.05) is 6.07 Å². The van der Waals surface area contributed by atoms with E-state index in [1.165, 1.54) is 4.90 Å². The molecule has 2 amide bonds. The maximum absolute atomic E-state index is 12.3. The topological polar surface area (TPSA) is 70.4 Å². The Kier molecular flexibility index (Phi) is 3.15. The summed E-state index contributed by atoms with van der Waals surface area (Å²) < 4.78 is 5.21. The maximum atomic E-state index is 12.3. The second kappa shape index (κ2) is 4.97. The Morgan fingerprint density at radius 3 is 2.60 bits per heavy atom. The molecule has 1 aromatic rings. The van der Waals surface area contributed by atoms with E-state index in [4.69, 9.17) is 10.00 Å². The molecule has 2 unspecified atom stereocenters. The molecule has 0 aromatic heterocycles. The molecule has 1 heterocycles. The number of hydrogen-bond donors (Lipinski definition) is 0. The largest absolute Gasteiger partial charge is 0.479 e. The fraction of sp³-hybridized carbons (Fsp3) is 0.400. The van der Waals surface area contributed by atoms with Crippen LogP contribution >= 0.6 is 0 Å². The molecule has 5 heteroatoms. The van der Waals surface area contributed by atoms with Gasteiger partial charge in [0, 0.05) is 6.07 Å². The van der Waals surface area contributed by atoms with E-state index in [0.29, 0.717) is 11.4 Å². The van der Waals surface area contributed by atoms with Crippen LogP contribution in [0.25, 0.3) is 0 Å². The van der Waals surface area contributed by atoms with E-state index in [9.17, 15) is 9.59 Å². The number of benzene rings is 1. The molecule has 2 aliphatic rings. The molecule has 102 valence electrons. The Labute approximate surface area is 116 Å². The lowest BCUT2D eigenvalue weighted by atomic mass is 10.00. The normalized spacial score (nSPS) is 24.6. The molecule has 5 nitrogen and oxygen atoms in total. The summed E-state index contributed by atoms with van der Waals surface area (Å²) in [5.74, 6) is -0.0102. The Bertz CT molecular complexity index is 583. The lowest BCUT2D eigenvalue weighted by Gasteiger charge is -2.16. The van der Waals surface area contributed by atoms with Crippen molar-refractivity contribution in [3.63, 3.8) is 0 Å². The van der Waals surface area contributed by atoms with Crippen molar-refractivity contribution in [3.05, 3.63) is 24.3 Å². The number of nitrogens with zero attached hydrogens (tertiary/aromatic N) is 2. The van der Waals surface area contributed by atoms with Crippen molar-refractivity contribution in [2.24, 2.45) is 11.8 Å². The number of imide groups is 1. The summed E-state index contributed by atoms with van der Waals surface area (Å²) >= 11 is 0. The first kappa shape index (κ1) is 12.7. The average molecular weight is 270 g/mol. The predicted octanol–water partition coefficient (Wildman–Crippen LogP) is 1.88. The van der Waals surface area contributed by atoms with Crippen LogP contribution in [-0.2, 0) is 9.59 Å². The molecule has 0 spiro atoms. The number of rotatable bonds is 3. The molecule has 1 aliphatic carbocycles. The molecule has 0 bridgehead atoms. The van der Waals surface area contributed by atoms with Crippen LogP contribution in [0.2, 0.25) is 0 Å². The highest BCUT2D eigenvalue weighted by Gasteiger charge is 2.50. The summed E-state index contributed by atoms with van der Waals surface area (Å²) in [6.45, 7) is -0.0589. The van der Waals surface area contributed by atoms with Gasteiger partial charge in [-0.2, -0.15) is 5.26 Å². The maximum Gasteiger partial charge on any atom is 0.237 e. The van der Waals surface area contributed by atoms with E-state index >= 15 is 0 Å². The third kappa shape index (κ3) is 1.94. The zero-order chi connectivity index (χ0) is 14.1. The lowest BCUT2D eigenvalue weighted by molar-refractivity contribution is -0.122. The van der Waals surface area contributed by atoms with Crippen molar-refractivity contribution in [1.82, 2.24) is 0 Å². The van der Waals surface area contributed by atoms with Crippen LogP contribution in [0.15, 0.2) is 24.3 Å². The van der Waals surface area contributed by atoms with Crippen LogP contribution in [0.3, 0.4) is 0 Å². The summed E-state index contributed by atoms with van der Waals surface area (Å²) in [5.41, 5.74) is 0.532. The standard InChI is InChI=1S/C15H14N2O3/c16-7-8-20-11-4-1-3-10(9-11)17-14(18)12-5-2-6-13(12)15(17)19/h1,3-4,9,12-13H,2,5-6,8H2. The number of carbonyl (C=O) groups is 2. The van der Waals surface area contributed by atoms with Crippen LogP contribution in [0.4, 0.5) is 5.69 Å². The number of amides is 2. The first-order valence-corrected chi connectivity index (χ1v) is 6.70. The molecule has 0 radical (unpaired) electrons. The van der Waals surface area contributed by atoms with Gasteiger partial charge in [0.2, 0.25) is 11.8 Å². The first-order chi connectivity index (χ1) is 9.72. The SMILES string of the molecule is N#CCOc1cccc(N2C(=O)C3CCCC3C2=O)c1. The van der Waals surface area contributed by atoms with Crippen LogP contribution < -0.4 is 9.64 Å². The van der Waals surface area contributed by atoms with Crippen molar-refractivity contribution in [1.29, 1.82) is 5.26 Å². The minimum atomic E-state index is -0.147. The van der Waals surface area contributed by atoms with E-state index in [0.717, 1.165) is 19.3 Å². The van der Waals surface area contributed by atoms with Gasteiger partial charge in [-0.05, 0) is 25.0 Å². The molecule has 3 rings (SSSR count). The first-order valence-electron chi connectivity index (χ1n) is 6.70. The summed E-state index contributed by atoms with van der Waals surface area (Å²) in [6, 6.07) is 8.66. The molecule has 1 saturated carbocycles. The minimum absolute atomic E-state index is 0.0589. The Balaban J connectivity index is 1.88. The van der Waals surface area contributed by atoms with Gasteiger partial charge in [-0.15, -0.1) is 0 Å². The molecule has 20 heavy (non-hydrogen) atoms. The highest BCUT2D eigenvalue weighted by Crippen LogP contribution is 2.41. The smallest absolute Gasteiger partial charge is 0.237 e. The average Bonchev–Trinajstić information content (AvgIpc) is 3.02. The predicted molar refractivity (Wildman–Crippen MR) is 70.9 cm³/mol. The number of anilines is 1. The van der Waals surface area contributed by atoms with E-state index in [-0.39, 0.29) is 30.3 Å². The summed E-state index contributed by atoms with van der Waals surface area (Å²) in [7, 11) is 0. The van der Waals surface area contributed by atoms with Gasteiger partial charge in [-0.3, -0.25) is 9.59 Å². The van der Waals surface area contributed by atoms with Gasteiger partial charge < -0.3 is 4.74 Å². The van der Waals surface area contributed by atoms with Crippen LogP contribution in [0.1, 0.15) is 19.3 Å². The summed E-state index contributed by atoms with van der Waals surface area (Å²) in [6.07, 6.45) is 2.55. The fourth-order valence-corrected chi connectivity index (χ4v) is 3.07. The van der Waals surface area contributed by atoms with Crippen molar-refractivity contribution >= 4 is 17.5 Å². The Hall–Kier alpha value is -2.35. The zero-order valence-electron chi connectivity index (χ0n) is 10.9. The second-order valence-corrected chi connectivity index (χ2v) is 5.10. The van der Waals surface area contributed by atoms with Gasteiger partial charge >= 0.3 is 0 Å². The van der Waals surface area contributed by atoms with Gasteiger partial charge in [0.1, 0.15) is 11.8 Å². The highest BCUT2D eigenvalue weighted by molar-refractivity contribution is 6.22. The molecule has 1 saturated heterocycles. The number of carbonyl (C=O) groups excluding carboxylic acids is 2. The van der Waals surface area contributed by atoms with Crippen LogP contribution in [0.5, 0.6) is 5.75 Å². The summed E-state index contributed by atoms with van der Waals surface area (Å²) in [5, 5.41) is 8.51. The van der Waals surface area contributed by atoms with Gasteiger partial charge in [0.25, 0.3) is 0 Å². The van der Waals surface area contributed by atoms with Crippen molar-refractivity contribution in [2.45, 2.75) is 19.3 Å². The number of hydrogen-bond acceptors (Lipinski definition) is 4. The monoisotopic (exact) mass is 270 g/mol. The minimum Gasteiger partial charge on any atom is -0.479 e. The van der Waals surface area contributed by atoms with Crippen molar-refractivity contribution in [2.75, 3.05) is 11.5 Å². The Morgan fingerprint density at radius 1 is 1.25 bits per heavy atom. The quantitative estimate of drug-likeness (QED) is 0.786. The van der Waals surface area contributed by atoms with Crippen molar-refractivity contribution in [3.8, 4) is 11.8 Å². The molecule has 2 fully saturated rings. The Morgan fingerprint density at radius 2 is 1.95 bits per heavy atom. The van der Waals surface area contributed by atoms with E-state index < -0.39 is 0 Å². The zero-order valence-corrected chi connectivity index (χ0v) is 10.9. The van der Waals surface area contributed by atoms with Crippen LogP contribution in [0, 0.1) is 23.2 Å². The highest BCUT2D eigenvalue weighted by atomic mass is 16.5. The third-order valence-corrected chi connectivity index (χ3v) is 3.97. The number of fused-ring (bicyclic) bond motifs is 1. The molecule has 0 N–H and O–H groups in total. The van der Waals surface area contributed by atoms with E-state index in [2.05, 4.69) is 0 Å². The van der Waals surface area contributed by atoms with Crippen LogP contribution in [-0.4, -0.2) is 18.4 Å². The van der Waals surface area contributed by atoms with E-state index in [1.54, 1.807) is 24.3 Å². The van der Waals surface area contributed by atoms with Gasteiger partial charge in [0.15, 0.2) is 6.61 Å². The van der Waals surface area contributed by atoms with Crippen molar-refractivity contribution < 1.29 is 14.3 Å². The van der Waals surface area contributed by atoms with Gasteiger partial charge in [-0.1, -0.05) is 12.5 Å². The van der Waals surface area contributed by atoms with Gasteiger partial charge in [0.05, 0.1) is 17.5 Å². The second-order valence-electron chi connectivity index (χ2n) is 5.10. The lowest BCUT2D eigenvalue weighted by Crippen LogP contribution is -2.31. The molecule has 1 aromatic carbocycles. The number of ether oxygens (including phenoxy) is 1. The number of nitriles is 1. The molecular formula is C15H14N2O3. The molecule has 1 aliphatic heterocycles. The molecular weight excluding hydrogens is 256 g/mol. The third-order valence-electron chi connectivity index (χ3n) is 3.97.